The third kappa shape index (κ3) is 1.91. The zero-order valence-electron chi connectivity index (χ0n) is 12.2. The molecule has 1 heterocycles. The van der Waals surface area contributed by atoms with E-state index in [2.05, 4.69) is 6.92 Å². The van der Waals surface area contributed by atoms with Gasteiger partial charge >= 0.3 is 0 Å². The molecule has 2 aliphatic carbocycles. The van der Waals surface area contributed by atoms with Gasteiger partial charge in [-0.15, -0.1) is 0 Å². The SMILES string of the molecule is CCOC1CC(N)C1N1C(=O)C2CC(CC)CC2C1=O. The molecule has 5 nitrogen and oxygen atoms in total. The van der Waals surface area contributed by atoms with Crippen LogP contribution in [-0.2, 0) is 14.3 Å². The van der Waals surface area contributed by atoms with Crippen LogP contribution in [0.3, 0.4) is 0 Å². The highest BCUT2D eigenvalue weighted by Crippen LogP contribution is 2.46. The molecule has 0 bridgehead atoms. The first kappa shape index (κ1) is 14.0. The molecule has 5 atom stereocenters. The lowest BCUT2D eigenvalue weighted by atomic mass is 9.82. The molecule has 2 amide bonds. The standard InChI is InChI=1S/C15H24N2O3/c1-3-8-5-9-10(6-8)15(19)17(14(9)18)13-11(16)7-12(13)20-4-2/h8-13H,3-7,16H2,1-2H3. The monoisotopic (exact) mass is 280 g/mol. The van der Waals surface area contributed by atoms with Crippen LogP contribution in [0.2, 0.25) is 0 Å². The van der Waals surface area contributed by atoms with Crippen molar-refractivity contribution in [2.75, 3.05) is 6.61 Å². The Morgan fingerprint density at radius 1 is 1.15 bits per heavy atom. The van der Waals surface area contributed by atoms with Crippen molar-refractivity contribution in [3.05, 3.63) is 0 Å². The third-order valence-corrected chi connectivity index (χ3v) is 5.35. The first-order chi connectivity index (χ1) is 9.58. The van der Waals surface area contributed by atoms with Crippen molar-refractivity contribution in [1.29, 1.82) is 0 Å². The lowest BCUT2D eigenvalue weighted by molar-refractivity contribution is -0.155. The molecule has 0 radical (unpaired) electrons. The molecule has 20 heavy (non-hydrogen) atoms. The normalized spacial score (nSPS) is 43.9. The van der Waals surface area contributed by atoms with Gasteiger partial charge in [-0.25, -0.2) is 0 Å². The quantitative estimate of drug-likeness (QED) is 0.777. The molecule has 2 N–H and O–H groups in total. The molecule has 5 unspecified atom stereocenters. The number of carbonyl (C=O) groups is 2. The van der Waals surface area contributed by atoms with Gasteiger partial charge in [0.2, 0.25) is 11.8 Å². The van der Waals surface area contributed by atoms with Crippen molar-refractivity contribution in [3.8, 4) is 0 Å². The first-order valence-electron chi connectivity index (χ1n) is 7.82. The summed E-state index contributed by atoms with van der Waals surface area (Å²) in [6.07, 6.45) is 3.46. The Morgan fingerprint density at radius 2 is 1.75 bits per heavy atom. The predicted octanol–water partition coefficient (Wildman–Crippen LogP) is 0.912. The molecule has 1 aliphatic heterocycles. The third-order valence-electron chi connectivity index (χ3n) is 5.35. The molecule has 3 rings (SSSR count). The van der Waals surface area contributed by atoms with Crippen LogP contribution in [0.1, 0.15) is 39.5 Å². The van der Waals surface area contributed by atoms with E-state index in [1.165, 1.54) is 4.90 Å². The van der Waals surface area contributed by atoms with Gasteiger partial charge in [-0.1, -0.05) is 13.3 Å². The summed E-state index contributed by atoms with van der Waals surface area (Å²) in [6.45, 7) is 4.65. The Kier molecular flexibility index (Phi) is 3.58. The molecule has 3 aliphatic rings. The fourth-order valence-corrected chi connectivity index (χ4v) is 4.15. The minimum absolute atomic E-state index is 0.000744. The average molecular weight is 280 g/mol. The van der Waals surface area contributed by atoms with E-state index in [1.54, 1.807) is 0 Å². The second-order valence-corrected chi connectivity index (χ2v) is 6.39. The van der Waals surface area contributed by atoms with Gasteiger partial charge in [-0.05, 0) is 32.1 Å². The average Bonchev–Trinajstić information content (AvgIpc) is 2.94. The largest absolute Gasteiger partial charge is 0.376 e. The number of nitrogens with zero attached hydrogens (tertiary/aromatic N) is 1. The summed E-state index contributed by atoms with van der Waals surface area (Å²) in [5, 5.41) is 0. The maximum atomic E-state index is 12.6. The van der Waals surface area contributed by atoms with Gasteiger partial charge in [0.15, 0.2) is 0 Å². The minimum Gasteiger partial charge on any atom is -0.376 e. The fraction of sp³-hybridized carbons (Fsp3) is 0.867. The van der Waals surface area contributed by atoms with Crippen LogP contribution in [0.25, 0.3) is 0 Å². The van der Waals surface area contributed by atoms with Crippen LogP contribution < -0.4 is 5.73 Å². The summed E-state index contributed by atoms with van der Waals surface area (Å²) < 4.78 is 5.61. The summed E-state index contributed by atoms with van der Waals surface area (Å²) >= 11 is 0. The number of amides is 2. The van der Waals surface area contributed by atoms with Crippen molar-refractivity contribution in [2.45, 2.75) is 57.7 Å². The maximum absolute atomic E-state index is 12.6. The Balaban J connectivity index is 1.76. The number of rotatable bonds is 4. The lowest BCUT2D eigenvalue weighted by Crippen LogP contribution is -2.66. The molecule has 0 aromatic carbocycles. The lowest BCUT2D eigenvalue weighted by Gasteiger charge is -2.46. The van der Waals surface area contributed by atoms with Gasteiger partial charge in [0.1, 0.15) is 0 Å². The van der Waals surface area contributed by atoms with Gasteiger partial charge < -0.3 is 10.5 Å². The van der Waals surface area contributed by atoms with E-state index in [0.717, 1.165) is 25.7 Å². The fourth-order valence-electron chi connectivity index (χ4n) is 4.15. The number of nitrogens with two attached hydrogens (primary N) is 1. The highest BCUT2D eigenvalue weighted by Gasteiger charge is 2.58. The second kappa shape index (κ2) is 5.11. The molecule has 5 heteroatoms. The van der Waals surface area contributed by atoms with Gasteiger partial charge in [0, 0.05) is 12.6 Å². The number of carbonyl (C=O) groups excluding carboxylic acids is 2. The predicted molar refractivity (Wildman–Crippen MR) is 73.6 cm³/mol. The summed E-state index contributed by atoms with van der Waals surface area (Å²) in [7, 11) is 0. The van der Waals surface area contributed by atoms with Crippen molar-refractivity contribution >= 4 is 11.8 Å². The van der Waals surface area contributed by atoms with Crippen LogP contribution in [0.4, 0.5) is 0 Å². The number of ether oxygens (including phenoxy) is 1. The van der Waals surface area contributed by atoms with Crippen molar-refractivity contribution < 1.29 is 14.3 Å². The number of hydrogen-bond donors (Lipinski definition) is 1. The van der Waals surface area contributed by atoms with E-state index in [-0.39, 0.29) is 41.8 Å². The van der Waals surface area contributed by atoms with E-state index in [4.69, 9.17) is 10.5 Å². The second-order valence-electron chi connectivity index (χ2n) is 6.39. The number of likely N-dealkylation sites (tertiary alicyclic amines) is 1. The summed E-state index contributed by atoms with van der Waals surface area (Å²) in [5.74, 6) is 0.337. The highest BCUT2D eigenvalue weighted by molar-refractivity contribution is 6.06. The van der Waals surface area contributed by atoms with E-state index in [1.807, 2.05) is 6.92 Å². The molecule has 3 fully saturated rings. The molecule has 0 aromatic heterocycles. The summed E-state index contributed by atoms with van der Waals surface area (Å²) in [4.78, 5) is 26.6. The van der Waals surface area contributed by atoms with Gasteiger partial charge in [0.05, 0.1) is 24.0 Å². The van der Waals surface area contributed by atoms with Crippen LogP contribution in [0, 0.1) is 17.8 Å². The minimum atomic E-state index is -0.236. The van der Waals surface area contributed by atoms with Crippen molar-refractivity contribution in [3.63, 3.8) is 0 Å². The van der Waals surface area contributed by atoms with Gasteiger partial charge in [0.25, 0.3) is 0 Å². The van der Waals surface area contributed by atoms with Gasteiger partial charge in [-0.3, -0.25) is 14.5 Å². The smallest absolute Gasteiger partial charge is 0.233 e. The molecule has 2 saturated carbocycles. The van der Waals surface area contributed by atoms with Crippen LogP contribution >= 0.6 is 0 Å². The van der Waals surface area contributed by atoms with Crippen LogP contribution in [0.5, 0.6) is 0 Å². The van der Waals surface area contributed by atoms with Crippen LogP contribution in [-0.4, -0.2) is 41.5 Å². The van der Waals surface area contributed by atoms with E-state index in [0.29, 0.717) is 12.5 Å². The Labute approximate surface area is 119 Å². The van der Waals surface area contributed by atoms with Crippen LogP contribution in [0.15, 0.2) is 0 Å². The van der Waals surface area contributed by atoms with E-state index in [9.17, 15) is 9.59 Å². The molecule has 0 spiro atoms. The molecular weight excluding hydrogens is 256 g/mol. The highest BCUT2D eigenvalue weighted by atomic mass is 16.5. The molecule has 112 valence electrons. The zero-order valence-corrected chi connectivity index (χ0v) is 12.2. The Morgan fingerprint density at radius 3 is 2.20 bits per heavy atom. The van der Waals surface area contributed by atoms with Crippen molar-refractivity contribution in [1.82, 2.24) is 4.90 Å². The number of fused-ring (bicyclic) bond motifs is 1. The topological polar surface area (TPSA) is 72.6 Å². The zero-order chi connectivity index (χ0) is 14.4. The maximum Gasteiger partial charge on any atom is 0.233 e. The Bertz CT molecular complexity index is 399. The Hall–Kier alpha value is -0.940. The number of hydrogen-bond acceptors (Lipinski definition) is 4. The molecular formula is C15H24N2O3. The van der Waals surface area contributed by atoms with Gasteiger partial charge in [-0.2, -0.15) is 0 Å². The molecule has 0 aromatic rings. The molecule has 1 saturated heterocycles. The summed E-state index contributed by atoms with van der Waals surface area (Å²) in [5.41, 5.74) is 6.03. The first-order valence-corrected chi connectivity index (χ1v) is 7.82. The number of imide groups is 1. The van der Waals surface area contributed by atoms with Crippen molar-refractivity contribution in [2.24, 2.45) is 23.5 Å². The summed E-state index contributed by atoms with van der Waals surface area (Å²) in [6, 6.07) is -0.360. The van der Waals surface area contributed by atoms with E-state index >= 15 is 0 Å². The van der Waals surface area contributed by atoms with E-state index < -0.39 is 0 Å².